The van der Waals surface area contributed by atoms with Crippen LogP contribution in [0.3, 0.4) is 0 Å². The number of rotatable bonds is 4. The van der Waals surface area contributed by atoms with Gasteiger partial charge in [0.25, 0.3) is 0 Å². The second-order valence-corrected chi connectivity index (χ2v) is 4.34. The monoisotopic (exact) mass is 187 g/mol. The van der Waals surface area contributed by atoms with Gasteiger partial charge in [0.2, 0.25) is 0 Å². The Hall–Kier alpha value is -0.120. The predicted octanol–water partition coefficient (Wildman–Crippen LogP) is 0.628. The van der Waals surface area contributed by atoms with E-state index < -0.39 is 0 Å². The summed E-state index contributed by atoms with van der Waals surface area (Å²) in [7, 11) is 0. The molecule has 0 amide bonds. The molecule has 3 unspecified atom stereocenters. The van der Waals surface area contributed by atoms with Gasteiger partial charge in [0.05, 0.1) is 25.4 Å². The van der Waals surface area contributed by atoms with Gasteiger partial charge in [-0.1, -0.05) is 20.8 Å². The summed E-state index contributed by atoms with van der Waals surface area (Å²) < 4.78 is 5.15. The molecule has 0 aromatic carbocycles. The van der Waals surface area contributed by atoms with Crippen molar-refractivity contribution in [3.8, 4) is 0 Å². The van der Waals surface area contributed by atoms with Crippen molar-refractivity contribution in [2.24, 2.45) is 11.8 Å². The van der Waals surface area contributed by atoms with E-state index in [1.54, 1.807) is 0 Å². The molecule has 0 bridgehead atoms. The van der Waals surface area contributed by atoms with Gasteiger partial charge in [-0.05, 0) is 18.4 Å². The summed E-state index contributed by atoms with van der Waals surface area (Å²) in [5.41, 5.74) is 0. The van der Waals surface area contributed by atoms with Gasteiger partial charge in [-0.15, -0.1) is 0 Å². The van der Waals surface area contributed by atoms with Crippen LogP contribution in [0.25, 0.3) is 0 Å². The van der Waals surface area contributed by atoms with Crippen molar-refractivity contribution in [1.82, 2.24) is 5.32 Å². The Morgan fingerprint density at radius 3 is 2.54 bits per heavy atom. The lowest BCUT2D eigenvalue weighted by atomic mass is 9.98. The van der Waals surface area contributed by atoms with Crippen LogP contribution in [0.15, 0.2) is 0 Å². The Morgan fingerprint density at radius 2 is 2.08 bits per heavy atom. The highest BCUT2D eigenvalue weighted by molar-refractivity contribution is 4.81. The topological polar surface area (TPSA) is 41.5 Å². The van der Waals surface area contributed by atoms with Crippen LogP contribution < -0.4 is 5.32 Å². The average molecular weight is 187 g/mol. The van der Waals surface area contributed by atoms with Gasteiger partial charge in [-0.25, -0.2) is 0 Å². The third-order valence-corrected chi connectivity index (χ3v) is 2.89. The zero-order valence-corrected chi connectivity index (χ0v) is 8.79. The number of hydrogen-bond acceptors (Lipinski definition) is 3. The second-order valence-electron chi connectivity index (χ2n) is 4.34. The molecule has 1 heterocycles. The molecule has 0 radical (unpaired) electrons. The molecule has 0 aliphatic carbocycles. The Morgan fingerprint density at radius 1 is 1.38 bits per heavy atom. The molecule has 0 saturated carbocycles. The maximum Gasteiger partial charge on any atom is 0.0948 e. The summed E-state index contributed by atoms with van der Waals surface area (Å²) in [5.74, 6) is 1.33. The van der Waals surface area contributed by atoms with Gasteiger partial charge in [0.15, 0.2) is 0 Å². The van der Waals surface area contributed by atoms with Crippen molar-refractivity contribution in [2.75, 3.05) is 19.8 Å². The summed E-state index contributed by atoms with van der Waals surface area (Å²) in [6, 6.07) is 0.140. The third-order valence-electron chi connectivity index (χ3n) is 2.89. The summed E-state index contributed by atoms with van der Waals surface area (Å²) in [5, 5.41) is 12.8. The molecule has 13 heavy (non-hydrogen) atoms. The fourth-order valence-electron chi connectivity index (χ4n) is 1.31. The lowest BCUT2D eigenvalue weighted by molar-refractivity contribution is 0.121. The number of ether oxygens (including phenoxy) is 1. The van der Waals surface area contributed by atoms with E-state index >= 15 is 0 Å². The van der Waals surface area contributed by atoms with E-state index in [-0.39, 0.29) is 12.1 Å². The first-order chi connectivity index (χ1) is 6.11. The molecular weight excluding hydrogens is 166 g/mol. The van der Waals surface area contributed by atoms with Gasteiger partial charge in [0, 0.05) is 0 Å². The highest BCUT2D eigenvalue weighted by Crippen LogP contribution is 2.10. The largest absolute Gasteiger partial charge is 0.389 e. The quantitative estimate of drug-likeness (QED) is 0.678. The molecule has 0 aromatic heterocycles. The smallest absolute Gasteiger partial charge is 0.0948 e. The van der Waals surface area contributed by atoms with E-state index in [0.29, 0.717) is 25.0 Å². The minimum absolute atomic E-state index is 0.140. The molecule has 1 rings (SSSR count). The summed E-state index contributed by atoms with van der Waals surface area (Å²) in [6.45, 7) is 8.74. The molecular formula is C10H21NO2. The fraction of sp³-hybridized carbons (Fsp3) is 1.00. The van der Waals surface area contributed by atoms with E-state index in [2.05, 4.69) is 26.1 Å². The second kappa shape index (κ2) is 4.94. The van der Waals surface area contributed by atoms with Crippen molar-refractivity contribution >= 4 is 0 Å². The van der Waals surface area contributed by atoms with E-state index in [9.17, 15) is 5.11 Å². The summed E-state index contributed by atoms with van der Waals surface area (Å²) >= 11 is 0. The van der Waals surface area contributed by atoms with Gasteiger partial charge in [-0.2, -0.15) is 0 Å². The Balaban J connectivity index is 2.18. The van der Waals surface area contributed by atoms with Crippen molar-refractivity contribution in [2.45, 2.75) is 32.9 Å². The van der Waals surface area contributed by atoms with E-state index in [1.807, 2.05) is 0 Å². The Labute approximate surface area is 80.5 Å². The number of aliphatic hydroxyl groups excluding tert-OH is 1. The molecule has 1 aliphatic rings. The Bertz CT molecular complexity index is 150. The molecule has 78 valence electrons. The third kappa shape index (κ3) is 3.25. The lowest BCUT2D eigenvalue weighted by Crippen LogP contribution is -2.41. The molecule has 3 nitrogen and oxygen atoms in total. The van der Waals surface area contributed by atoms with E-state index in [1.165, 1.54) is 0 Å². The summed E-state index contributed by atoms with van der Waals surface area (Å²) in [6.07, 6.45) is -0.320. The first kappa shape index (κ1) is 11.0. The van der Waals surface area contributed by atoms with Gasteiger partial charge in [0.1, 0.15) is 0 Å². The average Bonchev–Trinajstić information content (AvgIpc) is 2.47. The molecule has 1 fully saturated rings. The summed E-state index contributed by atoms with van der Waals surface area (Å²) in [4.78, 5) is 0. The highest BCUT2D eigenvalue weighted by Gasteiger charge is 2.25. The zero-order valence-electron chi connectivity index (χ0n) is 8.79. The van der Waals surface area contributed by atoms with Crippen LogP contribution in [0.5, 0.6) is 0 Å². The SMILES string of the molecule is CC(C)C(C)CNC1COCC1O. The first-order valence-electron chi connectivity index (χ1n) is 5.10. The number of nitrogens with one attached hydrogen (secondary N) is 1. The first-order valence-corrected chi connectivity index (χ1v) is 5.10. The van der Waals surface area contributed by atoms with Crippen molar-refractivity contribution < 1.29 is 9.84 Å². The standard InChI is InChI=1S/C10H21NO2/c1-7(2)8(3)4-11-9-5-13-6-10(9)12/h7-12H,4-6H2,1-3H3. The molecule has 3 atom stereocenters. The molecule has 3 heteroatoms. The maximum absolute atomic E-state index is 9.45. The zero-order chi connectivity index (χ0) is 9.84. The van der Waals surface area contributed by atoms with Crippen molar-refractivity contribution in [3.63, 3.8) is 0 Å². The predicted molar refractivity (Wildman–Crippen MR) is 52.6 cm³/mol. The van der Waals surface area contributed by atoms with Crippen molar-refractivity contribution in [1.29, 1.82) is 0 Å². The van der Waals surface area contributed by atoms with Crippen LogP contribution in [0, 0.1) is 11.8 Å². The fourth-order valence-corrected chi connectivity index (χ4v) is 1.31. The van der Waals surface area contributed by atoms with Crippen LogP contribution >= 0.6 is 0 Å². The van der Waals surface area contributed by atoms with Crippen LogP contribution in [-0.2, 0) is 4.74 Å². The molecule has 2 N–H and O–H groups in total. The van der Waals surface area contributed by atoms with Crippen LogP contribution in [0.1, 0.15) is 20.8 Å². The van der Waals surface area contributed by atoms with Crippen LogP contribution in [-0.4, -0.2) is 37.0 Å². The number of hydrogen-bond donors (Lipinski definition) is 2. The van der Waals surface area contributed by atoms with E-state index in [0.717, 1.165) is 6.54 Å². The maximum atomic E-state index is 9.45. The van der Waals surface area contributed by atoms with Crippen LogP contribution in [0.2, 0.25) is 0 Å². The normalized spacial score (nSPS) is 31.2. The van der Waals surface area contributed by atoms with E-state index in [4.69, 9.17) is 4.74 Å². The highest BCUT2D eigenvalue weighted by atomic mass is 16.5. The van der Waals surface area contributed by atoms with Gasteiger partial charge < -0.3 is 15.2 Å². The van der Waals surface area contributed by atoms with Crippen LogP contribution in [0.4, 0.5) is 0 Å². The number of aliphatic hydroxyl groups is 1. The van der Waals surface area contributed by atoms with Gasteiger partial charge in [-0.3, -0.25) is 0 Å². The lowest BCUT2D eigenvalue weighted by Gasteiger charge is -2.20. The molecule has 1 aliphatic heterocycles. The van der Waals surface area contributed by atoms with Crippen molar-refractivity contribution in [3.05, 3.63) is 0 Å². The molecule has 1 saturated heterocycles. The molecule has 0 aromatic rings. The minimum atomic E-state index is -0.320. The molecule has 0 spiro atoms. The minimum Gasteiger partial charge on any atom is -0.389 e. The Kier molecular flexibility index (Phi) is 4.16. The van der Waals surface area contributed by atoms with Gasteiger partial charge >= 0.3 is 0 Å².